The third-order valence-electron chi connectivity index (χ3n) is 0. The van der Waals surface area contributed by atoms with Crippen LogP contribution in [0.5, 0.6) is 0 Å². The Hall–Kier alpha value is 1.85. The normalized spacial score (nSPS) is 0. The molecule has 0 atom stereocenters. The third-order valence-corrected chi connectivity index (χ3v) is 0. The van der Waals surface area contributed by atoms with Crippen LogP contribution in [0.1, 0.15) is 0 Å². The molecule has 6 heavy (non-hydrogen) atoms. The standard InChI is InChI=1S/Cr.2H2O.2O.Sr/h;2*1H2;;;/q+4;;;2*-2;+2/p-2. The molecule has 0 aromatic carbocycles. The number of rotatable bonds is 0. The van der Waals surface area contributed by atoms with Gasteiger partial charge in [0.15, 0.2) is 0 Å². The zero-order chi connectivity index (χ0) is 0. The maximum absolute atomic E-state index is 0. The summed E-state index contributed by atoms with van der Waals surface area (Å²) in [4.78, 5) is 0. The third kappa shape index (κ3) is 40.1. The van der Waals surface area contributed by atoms with E-state index < -0.39 is 0 Å². The fourth-order valence-electron chi connectivity index (χ4n) is 0. The molecule has 0 aliphatic carbocycles. The van der Waals surface area contributed by atoms with Crippen LogP contribution in [-0.4, -0.2) is 56.4 Å². The van der Waals surface area contributed by atoms with Crippen LogP contribution in [0.4, 0.5) is 0 Å². The molecule has 0 amide bonds. The van der Waals surface area contributed by atoms with E-state index in [0.717, 1.165) is 0 Å². The molecule has 0 fully saturated rings. The molecular weight excluding hydrogens is 204 g/mol. The second-order valence-electron chi connectivity index (χ2n) is 0. The quantitative estimate of drug-likeness (QED) is 0.473. The minimum Gasteiger partial charge on any atom is -2.00 e. The summed E-state index contributed by atoms with van der Waals surface area (Å²) in [5.74, 6) is 0. The topological polar surface area (TPSA) is 117 Å². The molecule has 0 aliphatic rings. The SMILES string of the molecule is [Cr+4].[O-2].[O-2].[OH-].[OH-].[Sr+2]. The van der Waals surface area contributed by atoms with Gasteiger partial charge in [0.1, 0.15) is 0 Å². The van der Waals surface area contributed by atoms with Crippen LogP contribution >= 0.6 is 0 Å². The van der Waals surface area contributed by atoms with Gasteiger partial charge in [-0.2, -0.15) is 0 Å². The molecule has 4 nitrogen and oxygen atoms in total. The van der Waals surface area contributed by atoms with Crippen molar-refractivity contribution in [2.75, 3.05) is 0 Å². The van der Waals surface area contributed by atoms with Gasteiger partial charge in [0.05, 0.1) is 0 Å². The Morgan fingerprint density at radius 3 is 0.667 bits per heavy atom. The number of hydrogen-bond donors (Lipinski definition) is 0. The van der Waals surface area contributed by atoms with Gasteiger partial charge >= 0.3 is 62.8 Å². The molecule has 0 bridgehead atoms. The maximum Gasteiger partial charge on any atom is 4.00 e. The van der Waals surface area contributed by atoms with Crippen molar-refractivity contribution in [1.29, 1.82) is 0 Å². The molecule has 2 N–H and O–H groups in total. The zero-order valence-corrected chi connectivity index (χ0v) is 7.58. The average Bonchev–Trinajstić information content (AvgIpc) is 0. The minimum atomic E-state index is 0. The summed E-state index contributed by atoms with van der Waals surface area (Å²) in [6.07, 6.45) is 0. The summed E-state index contributed by atoms with van der Waals surface area (Å²) in [5, 5.41) is 0. The fraction of sp³-hybridized carbons (Fsp3) is 0. The molecule has 0 saturated heterocycles. The van der Waals surface area contributed by atoms with Crippen LogP contribution in [0.15, 0.2) is 0 Å². The average molecular weight is 206 g/mol. The smallest absolute Gasteiger partial charge is 2.00 e. The van der Waals surface area contributed by atoms with Crippen molar-refractivity contribution < 1.29 is 39.3 Å². The van der Waals surface area contributed by atoms with E-state index in [-0.39, 0.29) is 84.7 Å². The Bertz CT molecular complexity index is 7.51. The molecule has 0 aromatic heterocycles. The van der Waals surface area contributed by atoms with Crippen molar-refractivity contribution in [3.63, 3.8) is 0 Å². The first kappa shape index (κ1) is 107. The molecule has 0 aromatic rings. The minimum absolute atomic E-state index is 0. The summed E-state index contributed by atoms with van der Waals surface area (Å²) in [6, 6.07) is 0. The van der Waals surface area contributed by atoms with Gasteiger partial charge in [-0.3, -0.25) is 0 Å². The van der Waals surface area contributed by atoms with Crippen molar-refractivity contribution in [3.8, 4) is 0 Å². The van der Waals surface area contributed by atoms with E-state index in [9.17, 15) is 0 Å². The van der Waals surface area contributed by atoms with E-state index in [1.807, 2.05) is 0 Å². The van der Waals surface area contributed by atoms with Gasteiger partial charge in [0.25, 0.3) is 0 Å². The summed E-state index contributed by atoms with van der Waals surface area (Å²) < 4.78 is 0. The Morgan fingerprint density at radius 2 is 0.667 bits per heavy atom. The van der Waals surface area contributed by atoms with Gasteiger partial charge in [-0.1, -0.05) is 0 Å². The van der Waals surface area contributed by atoms with Crippen molar-refractivity contribution >= 4 is 45.5 Å². The molecule has 0 rings (SSSR count). The van der Waals surface area contributed by atoms with Crippen molar-refractivity contribution in [1.82, 2.24) is 0 Å². The molecule has 6 heteroatoms. The van der Waals surface area contributed by atoms with Gasteiger partial charge in [-0.05, 0) is 0 Å². The van der Waals surface area contributed by atoms with Crippen molar-refractivity contribution in [2.45, 2.75) is 0 Å². The van der Waals surface area contributed by atoms with E-state index in [4.69, 9.17) is 0 Å². The van der Waals surface area contributed by atoms with Crippen LogP contribution in [-0.2, 0) is 28.3 Å². The zero-order valence-electron chi connectivity index (χ0n) is 2.83. The molecule has 0 radical (unpaired) electrons. The summed E-state index contributed by atoms with van der Waals surface area (Å²) in [5.41, 5.74) is 0. The van der Waals surface area contributed by atoms with Gasteiger partial charge < -0.3 is 21.9 Å². The Labute approximate surface area is 83.6 Å². The molecule has 0 heterocycles. The van der Waals surface area contributed by atoms with Crippen LogP contribution in [0.25, 0.3) is 0 Å². The largest absolute Gasteiger partial charge is 4.00 e. The summed E-state index contributed by atoms with van der Waals surface area (Å²) >= 11 is 0. The van der Waals surface area contributed by atoms with E-state index in [0.29, 0.717) is 0 Å². The maximum atomic E-state index is 0. The van der Waals surface area contributed by atoms with Gasteiger partial charge in [-0.15, -0.1) is 0 Å². The van der Waals surface area contributed by atoms with Gasteiger partial charge in [0.2, 0.25) is 0 Å². The van der Waals surface area contributed by atoms with Crippen LogP contribution < -0.4 is 0 Å². The predicted molar refractivity (Wildman–Crippen MR) is 11.0 cm³/mol. The van der Waals surface area contributed by atoms with Crippen molar-refractivity contribution in [3.05, 3.63) is 0 Å². The van der Waals surface area contributed by atoms with E-state index in [1.165, 1.54) is 0 Å². The number of hydrogen-bond acceptors (Lipinski definition) is 2. The van der Waals surface area contributed by atoms with Crippen LogP contribution in [0, 0.1) is 0 Å². The second kappa shape index (κ2) is 68.4. The van der Waals surface area contributed by atoms with E-state index in [1.54, 1.807) is 0 Å². The van der Waals surface area contributed by atoms with E-state index in [2.05, 4.69) is 0 Å². The monoisotopic (exact) mass is 206 g/mol. The van der Waals surface area contributed by atoms with Crippen LogP contribution in [0.2, 0.25) is 0 Å². The molecule has 0 saturated carbocycles. The summed E-state index contributed by atoms with van der Waals surface area (Å²) in [7, 11) is 0. The van der Waals surface area contributed by atoms with Crippen molar-refractivity contribution in [2.24, 2.45) is 0 Å². The molecular formula is H2CrO4Sr. The second-order valence-corrected chi connectivity index (χ2v) is 0. The summed E-state index contributed by atoms with van der Waals surface area (Å²) in [6.45, 7) is 0. The first-order chi connectivity index (χ1) is 0. The molecule has 34 valence electrons. The predicted octanol–water partition coefficient (Wildman–Crippen LogP) is -0.974. The molecule has 0 aliphatic heterocycles. The fourth-order valence-corrected chi connectivity index (χ4v) is 0. The Kier molecular flexibility index (Phi) is 1220. The van der Waals surface area contributed by atoms with Gasteiger partial charge in [0, 0.05) is 0 Å². The molecule has 0 spiro atoms. The first-order valence-corrected chi connectivity index (χ1v) is 0. The van der Waals surface area contributed by atoms with E-state index >= 15 is 0 Å². The molecule has 0 unspecified atom stereocenters. The van der Waals surface area contributed by atoms with Crippen LogP contribution in [0.3, 0.4) is 0 Å². The first-order valence-electron chi connectivity index (χ1n) is 0. The Morgan fingerprint density at radius 1 is 0.667 bits per heavy atom. The van der Waals surface area contributed by atoms with Gasteiger partial charge in [-0.25, -0.2) is 0 Å². The Balaban J connectivity index is 0.